The van der Waals surface area contributed by atoms with Crippen LogP contribution in [0.2, 0.25) is 5.02 Å². The minimum atomic E-state index is 0.505. The van der Waals surface area contributed by atoms with Crippen LogP contribution in [-0.4, -0.2) is 9.78 Å². The van der Waals surface area contributed by atoms with Crippen molar-refractivity contribution in [3.8, 4) is 11.1 Å². The topological polar surface area (TPSA) is 43.8 Å². The number of nitrogens with zero attached hydrogens (tertiary/aromatic N) is 2. The molecule has 0 saturated heterocycles. The molecule has 2 rings (SSSR count). The molecule has 0 atom stereocenters. The summed E-state index contributed by atoms with van der Waals surface area (Å²) in [5.74, 6) is 0. The molecule has 0 aliphatic rings. The number of halogens is 1. The van der Waals surface area contributed by atoms with Crippen molar-refractivity contribution < 1.29 is 0 Å². The van der Waals surface area contributed by atoms with Crippen LogP contribution >= 0.6 is 11.6 Å². The molecule has 1 aromatic heterocycles. The van der Waals surface area contributed by atoms with Crippen molar-refractivity contribution >= 4 is 11.6 Å². The van der Waals surface area contributed by atoms with E-state index in [1.165, 1.54) is 0 Å². The molecule has 0 amide bonds. The lowest BCUT2D eigenvalue weighted by molar-refractivity contribution is 0.603. The number of aromatic nitrogens is 2. The van der Waals surface area contributed by atoms with Gasteiger partial charge in [-0.15, -0.1) is 0 Å². The molecule has 1 aromatic carbocycles. The lowest BCUT2D eigenvalue weighted by atomic mass is 10.0. The molecule has 1 heterocycles. The molecule has 3 nitrogen and oxygen atoms in total. The Morgan fingerprint density at radius 2 is 2.24 bits per heavy atom. The first-order valence-corrected chi connectivity index (χ1v) is 6.13. The van der Waals surface area contributed by atoms with Crippen molar-refractivity contribution in [2.75, 3.05) is 0 Å². The summed E-state index contributed by atoms with van der Waals surface area (Å²) in [6.45, 7) is 3.57. The van der Waals surface area contributed by atoms with Gasteiger partial charge in [-0.3, -0.25) is 4.68 Å². The minimum Gasteiger partial charge on any atom is -0.326 e. The van der Waals surface area contributed by atoms with Crippen LogP contribution in [-0.2, 0) is 13.1 Å². The van der Waals surface area contributed by atoms with E-state index in [9.17, 15) is 0 Å². The molecular formula is C13H16ClN3. The fourth-order valence-corrected chi connectivity index (χ4v) is 2.02. The molecular weight excluding hydrogens is 234 g/mol. The van der Waals surface area contributed by atoms with Crippen LogP contribution < -0.4 is 5.73 Å². The van der Waals surface area contributed by atoms with Gasteiger partial charge < -0.3 is 5.73 Å². The average molecular weight is 250 g/mol. The van der Waals surface area contributed by atoms with Gasteiger partial charge >= 0.3 is 0 Å². The van der Waals surface area contributed by atoms with Gasteiger partial charge in [-0.05, 0) is 29.7 Å². The SMILES string of the molecule is CCCn1cc(-c2cc(Cl)ccc2CN)cn1. The van der Waals surface area contributed by atoms with Gasteiger partial charge in [0.25, 0.3) is 0 Å². The van der Waals surface area contributed by atoms with Gasteiger partial charge in [0, 0.05) is 29.9 Å². The Kier molecular flexibility index (Phi) is 3.82. The van der Waals surface area contributed by atoms with Gasteiger partial charge in [-0.1, -0.05) is 24.6 Å². The number of hydrogen-bond donors (Lipinski definition) is 1. The summed E-state index contributed by atoms with van der Waals surface area (Å²) in [5.41, 5.74) is 8.96. The molecule has 0 aliphatic carbocycles. The zero-order valence-electron chi connectivity index (χ0n) is 9.86. The van der Waals surface area contributed by atoms with Crippen molar-refractivity contribution in [1.29, 1.82) is 0 Å². The molecule has 2 aromatic rings. The van der Waals surface area contributed by atoms with Gasteiger partial charge in [-0.25, -0.2) is 0 Å². The second-order valence-electron chi connectivity index (χ2n) is 4.00. The first kappa shape index (κ1) is 12.1. The number of benzene rings is 1. The maximum absolute atomic E-state index is 6.02. The zero-order valence-corrected chi connectivity index (χ0v) is 10.6. The highest BCUT2D eigenvalue weighted by Gasteiger charge is 2.07. The van der Waals surface area contributed by atoms with Crippen LogP contribution in [0.3, 0.4) is 0 Å². The minimum absolute atomic E-state index is 0.505. The van der Waals surface area contributed by atoms with Crippen LogP contribution in [0.15, 0.2) is 30.6 Å². The molecule has 0 fully saturated rings. The van der Waals surface area contributed by atoms with E-state index >= 15 is 0 Å². The summed E-state index contributed by atoms with van der Waals surface area (Å²) in [6.07, 6.45) is 4.97. The van der Waals surface area contributed by atoms with Gasteiger partial charge in [0.15, 0.2) is 0 Å². The van der Waals surface area contributed by atoms with Crippen LogP contribution in [0.25, 0.3) is 11.1 Å². The van der Waals surface area contributed by atoms with E-state index in [0.29, 0.717) is 6.54 Å². The van der Waals surface area contributed by atoms with E-state index in [1.54, 1.807) is 0 Å². The molecule has 90 valence electrons. The zero-order chi connectivity index (χ0) is 12.3. The van der Waals surface area contributed by atoms with E-state index in [4.69, 9.17) is 17.3 Å². The molecule has 0 radical (unpaired) electrons. The number of rotatable bonds is 4. The van der Waals surface area contributed by atoms with Gasteiger partial charge in [0.2, 0.25) is 0 Å². The van der Waals surface area contributed by atoms with Gasteiger partial charge in [-0.2, -0.15) is 5.10 Å². The number of aryl methyl sites for hydroxylation is 1. The molecule has 0 saturated carbocycles. The molecule has 17 heavy (non-hydrogen) atoms. The van der Waals surface area contributed by atoms with E-state index < -0.39 is 0 Å². The fraction of sp³-hybridized carbons (Fsp3) is 0.308. The van der Waals surface area contributed by atoms with Crippen LogP contribution in [0.5, 0.6) is 0 Å². The highest BCUT2D eigenvalue weighted by molar-refractivity contribution is 6.30. The molecule has 0 spiro atoms. The summed E-state index contributed by atoms with van der Waals surface area (Å²) < 4.78 is 1.94. The lowest BCUT2D eigenvalue weighted by Gasteiger charge is -2.06. The van der Waals surface area contributed by atoms with E-state index in [1.807, 2.05) is 35.3 Å². The molecule has 0 aliphatic heterocycles. The second kappa shape index (κ2) is 5.34. The highest BCUT2D eigenvalue weighted by Crippen LogP contribution is 2.26. The molecule has 4 heteroatoms. The quantitative estimate of drug-likeness (QED) is 0.905. The first-order chi connectivity index (χ1) is 8.24. The Labute approximate surface area is 106 Å². The molecule has 0 bridgehead atoms. The number of nitrogens with two attached hydrogens (primary N) is 1. The smallest absolute Gasteiger partial charge is 0.0568 e. The highest BCUT2D eigenvalue weighted by atomic mass is 35.5. The van der Waals surface area contributed by atoms with Crippen molar-refractivity contribution in [3.63, 3.8) is 0 Å². The predicted molar refractivity (Wildman–Crippen MR) is 70.9 cm³/mol. The first-order valence-electron chi connectivity index (χ1n) is 5.76. The Morgan fingerprint density at radius 3 is 2.94 bits per heavy atom. The Bertz CT molecular complexity index is 505. The average Bonchev–Trinajstić information content (AvgIpc) is 2.78. The summed E-state index contributed by atoms with van der Waals surface area (Å²) >= 11 is 6.02. The molecule has 2 N–H and O–H groups in total. The third-order valence-corrected chi connectivity index (χ3v) is 2.92. The monoisotopic (exact) mass is 249 g/mol. The maximum Gasteiger partial charge on any atom is 0.0568 e. The van der Waals surface area contributed by atoms with Crippen molar-refractivity contribution in [3.05, 3.63) is 41.2 Å². The fourth-order valence-electron chi connectivity index (χ4n) is 1.85. The number of hydrogen-bond acceptors (Lipinski definition) is 2. The summed E-state index contributed by atoms with van der Waals surface area (Å²) in [7, 11) is 0. The summed E-state index contributed by atoms with van der Waals surface area (Å²) in [5, 5.41) is 5.04. The Balaban J connectivity index is 2.40. The Hall–Kier alpha value is -1.32. The van der Waals surface area contributed by atoms with E-state index in [-0.39, 0.29) is 0 Å². The van der Waals surface area contributed by atoms with Gasteiger partial charge in [0.1, 0.15) is 0 Å². The summed E-state index contributed by atoms with van der Waals surface area (Å²) in [4.78, 5) is 0. The van der Waals surface area contributed by atoms with E-state index in [0.717, 1.165) is 34.7 Å². The molecule has 0 unspecified atom stereocenters. The predicted octanol–water partition coefficient (Wildman–Crippen LogP) is 3.07. The van der Waals surface area contributed by atoms with Crippen LogP contribution in [0, 0.1) is 0 Å². The normalized spacial score (nSPS) is 10.8. The van der Waals surface area contributed by atoms with E-state index in [2.05, 4.69) is 12.0 Å². The lowest BCUT2D eigenvalue weighted by Crippen LogP contribution is -1.98. The summed E-state index contributed by atoms with van der Waals surface area (Å²) in [6, 6.07) is 5.77. The van der Waals surface area contributed by atoms with Crippen molar-refractivity contribution in [1.82, 2.24) is 9.78 Å². The van der Waals surface area contributed by atoms with Crippen molar-refractivity contribution in [2.24, 2.45) is 5.73 Å². The largest absolute Gasteiger partial charge is 0.326 e. The standard InChI is InChI=1S/C13H16ClN3/c1-2-5-17-9-11(8-16-17)13-6-12(14)4-3-10(13)7-15/h3-4,6,8-9H,2,5,7,15H2,1H3. The third kappa shape index (κ3) is 2.68. The van der Waals surface area contributed by atoms with Crippen LogP contribution in [0.1, 0.15) is 18.9 Å². The second-order valence-corrected chi connectivity index (χ2v) is 4.43. The van der Waals surface area contributed by atoms with Crippen LogP contribution in [0.4, 0.5) is 0 Å². The third-order valence-electron chi connectivity index (χ3n) is 2.69. The maximum atomic E-state index is 6.02. The Morgan fingerprint density at radius 1 is 1.41 bits per heavy atom. The van der Waals surface area contributed by atoms with Crippen molar-refractivity contribution in [2.45, 2.75) is 26.4 Å². The van der Waals surface area contributed by atoms with Gasteiger partial charge in [0.05, 0.1) is 6.20 Å².